The van der Waals surface area contributed by atoms with Gasteiger partial charge < -0.3 is 24.4 Å². The minimum absolute atomic E-state index is 0.0943. The van der Waals surface area contributed by atoms with E-state index < -0.39 is 35.2 Å². The number of piperidine rings is 1. The van der Waals surface area contributed by atoms with Crippen molar-refractivity contribution in [2.75, 3.05) is 27.2 Å². The van der Waals surface area contributed by atoms with E-state index in [2.05, 4.69) is 18.9 Å². The number of alkyl halides is 3. The minimum Gasteiger partial charge on any atom is -0.506 e. The van der Waals surface area contributed by atoms with Gasteiger partial charge in [0.25, 0.3) is 5.91 Å². The van der Waals surface area contributed by atoms with Crippen LogP contribution < -0.4 is 5.32 Å². The number of benzene rings is 1. The second-order valence-corrected chi connectivity index (χ2v) is 12.1. The summed E-state index contributed by atoms with van der Waals surface area (Å²) >= 11 is 0. The molecule has 2 N–H and O–H groups in total. The fraction of sp³-hybridized carbons (Fsp3) is 0.516. The number of aliphatic hydroxyl groups is 1. The van der Waals surface area contributed by atoms with Crippen molar-refractivity contribution < 1.29 is 37.0 Å². The molecular weight excluding hydrogens is 521 g/mol. The van der Waals surface area contributed by atoms with Crippen LogP contribution in [0.2, 0.25) is 0 Å². The summed E-state index contributed by atoms with van der Waals surface area (Å²) in [5.74, 6) is -2.23. The van der Waals surface area contributed by atoms with E-state index >= 15 is 0 Å². The highest BCUT2D eigenvalue weighted by Crippen LogP contribution is 2.67. The molecule has 1 amide bonds. The van der Waals surface area contributed by atoms with E-state index in [0.29, 0.717) is 12.0 Å². The molecule has 1 saturated carbocycles. The Balaban J connectivity index is 1.41. The number of rotatable bonds is 6. The first-order chi connectivity index (χ1) is 19.0. The van der Waals surface area contributed by atoms with Crippen molar-refractivity contribution in [3.63, 3.8) is 0 Å². The van der Waals surface area contributed by atoms with Crippen LogP contribution in [-0.4, -0.2) is 72.9 Å². The third-order valence-corrected chi connectivity index (χ3v) is 10.3. The van der Waals surface area contributed by atoms with Crippen molar-refractivity contribution in [2.45, 2.75) is 62.3 Å². The Hall–Kier alpha value is -2.88. The zero-order chi connectivity index (χ0) is 28.5. The molecule has 40 heavy (non-hydrogen) atoms. The number of likely N-dealkylation sites (N-methyl/N-ethyl adjacent to an activating group) is 1. The molecule has 214 valence electrons. The fourth-order valence-corrected chi connectivity index (χ4v) is 8.53. The molecule has 3 aliphatic carbocycles. The summed E-state index contributed by atoms with van der Waals surface area (Å²) in [5.41, 5.74) is -1.43. The highest BCUT2D eigenvalue weighted by molar-refractivity contribution is 6.01. The van der Waals surface area contributed by atoms with E-state index in [4.69, 9.17) is 9.47 Å². The normalized spacial score (nSPS) is 38.4. The van der Waals surface area contributed by atoms with Gasteiger partial charge in [-0.3, -0.25) is 4.79 Å². The van der Waals surface area contributed by atoms with E-state index in [0.717, 1.165) is 60.8 Å². The highest BCUT2D eigenvalue weighted by Gasteiger charge is 2.71. The summed E-state index contributed by atoms with van der Waals surface area (Å²) in [6, 6.07) is 7.65. The smallest absolute Gasteiger partial charge is 0.425 e. The molecule has 5 aliphatic rings. The lowest BCUT2D eigenvalue weighted by atomic mass is 9.50. The standard InChI is InChI=1S/C31H35F3N2O4/c1-4-16-36(2)17-15-29-21-11-8-12-23(29)40-27-24(29)20(18-22(21)36)13-14-30(27,39-3)35-28(38)25(31(32,33)34)26(37)19-9-6-5-7-10-19/h4-7,9-10,13-14,21-23,27H,1,8,11-12,15-18H2,2-3H3,(H-,35,37,38)/p+1/t21-,22+,23-,27?,29+,30?,36?/m0/s1. The number of halogens is 3. The van der Waals surface area contributed by atoms with Crippen LogP contribution in [0.5, 0.6) is 0 Å². The largest absolute Gasteiger partial charge is 0.506 e. The third kappa shape index (κ3) is 3.77. The average Bonchev–Trinajstić information content (AvgIpc) is 3.27. The van der Waals surface area contributed by atoms with E-state index in [-0.39, 0.29) is 17.1 Å². The summed E-state index contributed by atoms with van der Waals surface area (Å²) in [6.45, 7) is 5.85. The second kappa shape index (κ2) is 9.33. The molecule has 1 aromatic carbocycles. The number of hydrogen-bond donors (Lipinski definition) is 2. The molecule has 6 nitrogen and oxygen atoms in total. The molecular formula is C31H36F3N2O4+. The van der Waals surface area contributed by atoms with E-state index in [1.54, 1.807) is 12.1 Å². The van der Waals surface area contributed by atoms with Crippen molar-refractivity contribution in [2.24, 2.45) is 11.3 Å². The molecule has 6 rings (SSSR count). The SMILES string of the molecule is C=CC[N+]1(C)CC[C@]23C4=C5C=CC(NC(=O)C(=C(O)c6ccccc6)C(F)(F)F)(OC)C4O[C@H]2CCC[C@H]3[C@H]1C5. The third-order valence-electron chi connectivity index (χ3n) is 10.3. The van der Waals surface area contributed by atoms with Gasteiger partial charge in [-0.1, -0.05) is 49.4 Å². The molecule has 3 unspecified atom stereocenters. The summed E-state index contributed by atoms with van der Waals surface area (Å²) in [5, 5.41) is 13.1. The number of methoxy groups -OCH3 is 1. The number of ether oxygens (including phenoxy) is 2. The molecule has 0 aromatic heterocycles. The molecule has 0 radical (unpaired) electrons. The topological polar surface area (TPSA) is 67.8 Å². The van der Waals surface area contributed by atoms with Crippen LogP contribution in [0.3, 0.4) is 0 Å². The van der Waals surface area contributed by atoms with Crippen molar-refractivity contribution in [3.8, 4) is 0 Å². The molecule has 9 heteroatoms. The van der Waals surface area contributed by atoms with Gasteiger partial charge in [0.2, 0.25) is 0 Å². The zero-order valence-corrected chi connectivity index (χ0v) is 22.8. The fourth-order valence-electron chi connectivity index (χ4n) is 8.53. The number of allylic oxidation sites excluding steroid dienone is 1. The first kappa shape index (κ1) is 27.3. The van der Waals surface area contributed by atoms with Gasteiger partial charge in [-0.2, -0.15) is 13.2 Å². The molecule has 2 bridgehead atoms. The first-order valence-corrected chi connectivity index (χ1v) is 14.0. The molecule has 2 saturated heterocycles. The summed E-state index contributed by atoms with van der Waals surface area (Å²) < 4.78 is 56.2. The summed E-state index contributed by atoms with van der Waals surface area (Å²) in [7, 11) is 3.67. The van der Waals surface area contributed by atoms with E-state index in [9.17, 15) is 23.1 Å². The molecule has 1 spiro atoms. The lowest BCUT2D eigenvalue weighted by Gasteiger charge is -2.61. The number of nitrogens with zero attached hydrogens (tertiary/aromatic N) is 1. The minimum atomic E-state index is -5.11. The van der Waals surface area contributed by atoms with Gasteiger partial charge in [-0.15, -0.1) is 0 Å². The highest BCUT2D eigenvalue weighted by atomic mass is 19.4. The Bertz CT molecular complexity index is 1320. The maximum absolute atomic E-state index is 14.2. The van der Waals surface area contributed by atoms with Crippen molar-refractivity contribution in [1.82, 2.24) is 5.32 Å². The van der Waals surface area contributed by atoms with E-state index in [1.807, 2.05) is 12.2 Å². The number of hydrogen-bond acceptors (Lipinski definition) is 4. The Morgan fingerprint density at radius 2 is 2.05 bits per heavy atom. The van der Waals surface area contributed by atoms with Crippen LogP contribution >= 0.6 is 0 Å². The number of carbonyl (C=O) groups excluding carboxylic acids is 1. The Morgan fingerprint density at radius 1 is 1.30 bits per heavy atom. The summed E-state index contributed by atoms with van der Waals surface area (Å²) in [6.07, 6.45) is 4.28. The summed E-state index contributed by atoms with van der Waals surface area (Å²) in [4.78, 5) is 13.4. The van der Waals surface area contributed by atoms with Gasteiger partial charge in [-0.05, 0) is 36.1 Å². The molecule has 7 atom stereocenters. The first-order valence-electron chi connectivity index (χ1n) is 14.0. The zero-order valence-electron chi connectivity index (χ0n) is 22.8. The number of aliphatic hydroxyl groups excluding tert-OH is 1. The van der Waals surface area contributed by atoms with Crippen molar-refractivity contribution in [3.05, 3.63) is 77.4 Å². The number of carbonyl (C=O) groups is 1. The van der Waals surface area contributed by atoms with Crippen LogP contribution in [0.25, 0.3) is 5.76 Å². The maximum atomic E-state index is 14.2. The van der Waals surface area contributed by atoms with Crippen LogP contribution in [0.4, 0.5) is 13.2 Å². The number of amides is 1. The molecule has 1 aromatic rings. The van der Waals surface area contributed by atoms with Gasteiger partial charge in [0.05, 0.1) is 32.3 Å². The Morgan fingerprint density at radius 3 is 2.73 bits per heavy atom. The van der Waals surface area contributed by atoms with Gasteiger partial charge in [-0.25, -0.2) is 0 Å². The quantitative estimate of drug-likeness (QED) is 0.166. The predicted molar refractivity (Wildman–Crippen MR) is 144 cm³/mol. The Labute approximate surface area is 232 Å². The maximum Gasteiger partial charge on any atom is 0.425 e. The number of quaternary nitrogens is 1. The molecule has 3 fully saturated rings. The van der Waals surface area contributed by atoms with Crippen LogP contribution in [0.1, 0.15) is 37.7 Å². The monoisotopic (exact) mass is 557 g/mol. The lowest BCUT2D eigenvalue weighted by Crippen LogP contribution is -2.69. The lowest BCUT2D eigenvalue weighted by molar-refractivity contribution is -0.940. The van der Waals surface area contributed by atoms with E-state index in [1.165, 1.54) is 31.4 Å². The predicted octanol–water partition coefficient (Wildman–Crippen LogP) is 5.21. The van der Waals surface area contributed by atoms with Crippen LogP contribution in [0, 0.1) is 11.3 Å². The average molecular weight is 558 g/mol. The number of likely N-dealkylation sites (tertiary alicyclic amines) is 1. The van der Waals surface area contributed by atoms with Gasteiger partial charge in [0.1, 0.15) is 11.9 Å². The van der Waals surface area contributed by atoms with Gasteiger partial charge >= 0.3 is 6.18 Å². The Kier molecular flexibility index (Phi) is 6.36. The molecule has 2 heterocycles. The van der Waals surface area contributed by atoms with Crippen molar-refractivity contribution in [1.29, 1.82) is 0 Å². The van der Waals surface area contributed by atoms with Crippen molar-refractivity contribution >= 4 is 11.7 Å². The van der Waals surface area contributed by atoms with Gasteiger partial charge in [0, 0.05) is 36.8 Å². The second-order valence-electron chi connectivity index (χ2n) is 12.1. The number of nitrogens with one attached hydrogen (secondary N) is 1. The van der Waals surface area contributed by atoms with Crippen LogP contribution in [0.15, 0.2) is 71.9 Å². The van der Waals surface area contributed by atoms with Crippen LogP contribution in [-0.2, 0) is 14.3 Å². The molecule has 2 aliphatic heterocycles. The van der Waals surface area contributed by atoms with Gasteiger partial charge in [0.15, 0.2) is 11.3 Å².